The average Bonchev–Trinajstić information content (AvgIpc) is 2.51. The first-order chi connectivity index (χ1) is 9.87. The van der Waals surface area contributed by atoms with Crippen LogP contribution in [0.5, 0.6) is 0 Å². The molecule has 2 heteroatoms. The maximum Gasteiger partial charge on any atom is 0.200 e. The zero-order valence-electron chi connectivity index (χ0n) is 17.0. The molecule has 0 aromatic heterocycles. The molecule has 0 amide bonds. The number of hydrogen-bond donors (Lipinski definition) is 0. The lowest BCUT2D eigenvalue weighted by molar-refractivity contribution is 0.157. The van der Waals surface area contributed by atoms with Crippen LogP contribution in [0.1, 0.15) is 88.5 Å². The molecule has 0 N–H and O–H groups in total. The first-order valence-electron chi connectivity index (χ1n) is 9.50. The summed E-state index contributed by atoms with van der Waals surface area (Å²) in [6.45, 7) is 25.1. The van der Waals surface area contributed by atoms with Gasteiger partial charge in [0.15, 0.2) is 8.32 Å². The SMILES string of the molecule is CC(C)[Si](OCCC1CC(C)(C)C(C)(C)C1)(C(C)C)C(C)C. The van der Waals surface area contributed by atoms with Gasteiger partial charge in [0.25, 0.3) is 0 Å². The summed E-state index contributed by atoms with van der Waals surface area (Å²) in [5.74, 6) is 0.850. The van der Waals surface area contributed by atoms with E-state index >= 15 is 0 Å². The van der Waals surface area contributed by atoms with E-state index in [0.29, 0.717) is 27.5 Å². The Balaban J connectivity index is 2.66. The summed E-state index contributed by atoms with van der Waals surface area (Å²) in [6.07, 6.45) is 3.99. The second-order valence-electron chi connectivity index (χ2n) is 10.00. The van der Waals surface area contributed by atoms with Gasteiger partial charge in [-0.2, -0.15) is 0 Å². The lowest BCUT2D eigenvalue weighted by atomic mass is 9.71. The van der Waals surface area contributed by atoms with E-state index in [2.05, 4.69) is 69.2 Å². The van der Waals surface area contributed by atoms with Gasteiger partial charge >= 0.3 is 0 Å². The molecule has 0 saturated heterocycles. The van der Waals surface area contributed by atoms with Gasteiger partial charge in [0, 0.05) is 6.61 Å². The molecule has 1 aliphatic carbocycles. The Bertz CT molecular complexity index is 317. The highest BCUT2D eigenvalue weighted by Crippen LogP contribution is 2.55. The van der Waals surface area contributed by atoms with Crippen LogP contribution in [0.3, 0.4) is 0 Å². The fraction of sp³-hybridized carbons (Fsp3) is 1.00. The van der Waals surface area contributed by atoms with Crippen molar-refractivity contribution in [3.05, 3.63) is 0 Å². The fourth-order valence-electron chi connectivity index (χ4n) is 5.17. The summed E-state index contributed by atoms with van der Waals surface area (Å²) in [5, 5.41) is 0. The minimum Gasteiger partial charge on any atom is -0.416 e. The Labute approximate surface area is 141 Å². The Morgan fingerprint density at radius 2 is 1.18 bits per heavy atom. The van der Waals surface area contributed by atoms with Crippen LogP contribution in [0.15, 0.2) is 0 Å². The molecule has 0 aromatic carbocycles. The van der Waals surface area contributed by atoms with Crippen LogP contribution in [0.4, 0.5) is 0 Å². The minimum atomic E-state index is -1.67. The highest BCUT2D eigenvalue weighted by atomic mass is 28.4. The van der Waals surface area contributed by atoms with Crippen molar-refractivity contribution >= 4 is 8.32 Å². The van der Waals surface area contributed by atoms with Gasteiger partial charge in [-0.15, -0.1) is 0 Å². The average molecular weight is 327 g/mol. The third kappa shape index (κ3) is 3.80. The summed E-state index contributed by atoms with van der Waals surface area (Å²) < 4.78 is 6.75. The van der Waals surface area contributed by atoms with Crippen LogP contribution in [0.25, 0.3) is 0 Å². The van der Waals surface area contributed by atoms with Crippen molar-refractivity contribution in [2.24, 2.45) is 16.7 Å². The quantitative estimate of drug-likeness (QED) is 0.456. The van der Waals surface area contributed by atoms with Crippen LogP contribution >= 0.6 is 0 Å². The van der Waals surface area contributed by atoms with Crippen molar-refractivity contribution in [3.8, 4) is 0 Å². The zero-order valence-corrected chi connectivity index (χ0v) is 18.0. The number of hydrogen-bond acceptors (Lipinski definition) is 1. The molecular formula is C20H42OSi. The van der Waals surface area contributed by atoms with Gasteiger partial charge in [-0.25, -0.2) is 0 Å². The topological polar surface area (TPSA) is 9.23 Å². The lowest BCUT2D eigenvalue weighted by Crippen LogP contribution is -2.48. The molecule has 22 heavy (non-hydrogen) atoms. The molecule has 1 aliphatic rings. The molecule has 1 saturated carbocycles. The van der Waals surface area contributed by atoms with E-state index < -0.39 is 8.32 Å². The van der Waals surface area contributed by atoms with Crippen LogP contribution in [-0.2, 0) is 4.43 Å². The van der Waals surface area contributed by atoms with Gasteiger partial charge in [0.1, 0.15) is 0 Å². The van der Waals surface area contributed by atoms with Gasteiger partial charge in [-0.1, -0.05) is 69.2 Å². The van der Waals surface area contributed by atoms with Crippen molar-refractivity contribution in [1.82, 2.24) is 0 Å². The minimum absolute atomic E-state index is 0.473. The second-order valence-corrected chi connectivity index (χ2v) is 15.5. The molecule has 0 bridgehead atoms. The van der Waals surface area contributed by atoms with Crippen molar-refractivity contribution in [1.29, 1.82) is 0 Å². The second kappa shape index (κ2) is 6.97. The first kappa shape index (κ1) is 20.2. The van der Waals surface area contributed by atoms with E-state index in [4.69, 9.17) is 4.43 Å². The third-order valence-corrected chi connectivity index (χ3v) is 13.1. The van der Waals surface area contributed by atoms with Crippen molar-refractivity contribution in [3.63, 3.8) is 0 Å². The Kier molecular flexibility index (Phi) is 6.40. The molecular weight excluding hydrogens is 284 g/mol. The molecule has 1 rings (SSSR count). The molecule has 1 nitrogen and oxygen atoms in total. The van der Waals surface area contributed by atoms with Crippen molar-refractivity contribution < 1.29 is 4.43 Å². The van der Waals surface area contributed by atoms with Crippen molar-refractivity contribution in [2.45, 2.75) is 105 Å². The molecule has 0 aliphatic heterocycles. The predicted octanol–water partition coefficient (Wildman–Crippen LogP) is 7.03. The molecule has 0 aromatic rings. The van der Waals surface area contributed by atoms with E-state index in [9.17, 15) is 0 Å². The Hall–Kier alpha value is 0.177. The van der Waals surface area contributed by atoms with Crippen LogP contribution in [0, 0.1) is 16.7 Å². The molecule has 0 atom stereocenters. The maximum atomic E-state index is 6.75. The van der Waals surface area contributed by atoms with Gasteiger partial charge in [-0.3, -0.25) is 0 Å². The number of rotatable bonds is 7. The lowest BCUT2D eigenvalue weighted by Gasteiger charge is -2.42. The predicted molar refractivity (Wildman–Crippen MR) is 102 cm³/mol. The van der Waals surface area contributed by atoms with E-state index in [1.807, 2.05) is 0 Å². The smallest absolute Gasteiger partial charge is 0.200 e. The zero-order chi connectivity index (χ0) is 17.3. The normalized spacial score (nSPS) is 22.2. The maximum absolute atomic E-state index is 6.75. The van der Waals surface area contributed by atoms with Crippen LogP contribution < -0.4 is 0 Å². The Morgan fingerprint density at radius 3 is 1.50 bits per heavy atom. The summed E-state index contributed by atoms with van der Waals surface area (Å²) in [4.78, 5) is 0. The third-order valence-electron chi connectivity index (χ3n) is 7.02. The van der Waals surface area contributed by atoms with Crippen LogP contribution in [0.2, 0.25) is 16.6 Å². The summed E-state index contributed by atoms with van der Waals surface area (Å²) in [5.41, 5.74) is 3.04. The Morgan fingerprint density at radius 1 is 0.818 bits per heavy atom. The molecule has 0 heterocycles. The molecule has 0 spiro atoms. The van der Waals surface area contributed by atoms with Crippen LogP contribution in [-0.4, -0.2) is 14.9 Å². The molecule has 1 fully saturated rings. The van der Waals surface area contributed by atoms with Crippen molar-refractivity contribution in [2.75, 3.05) is 6.61 Å². The standard InChI is InChI=1S/C20H42OSi/c1-15(2)22(16(3)4,17(5)6)21-12-11-18-13-19(7,8)20(9,10)14-18/h15-18H,11-14H2,1-10H3. The fourth-order valence-corrected chi connectivity index (χ4v) is 10.6. The first-order valence-corrected chi connectivity index (χ1v) is 11.6. The summed E-state index contributed by atoms with van der Waals surface area (Å²) in [6, 6.07) is 0. The molecule has 0 unspecified atom stereocenters. The van der Waals surface area contributed by atoms with Gasteiger partial charge in [0.05, 0.1) is 0 Å². The highest BCUT2D eigenvalue weighted by molar-refractivity contribution is 6.77. The van der Waals surface area contributed by atoms with E-state index in [0.717, 1.165) is 12.5 Å². The molecule has 132 valence electrons. The van der Waals surface area contributed by atoms with E-state index in [1.165, 1.54) is 19.3 Å². The summed E-state index contributed by atoms with van der Waals surface area (Å²) in [7, 11) is -1.67. The van der Waals surface area contributed by atoms with Gasteiger partial charge in [0.2, 0.25) is 0 Å². The van der Waals surface area contributed by atoms with Gasteiger partial charge < -0.3 is 4.43 Å². The monoisotopic (exact) mass is 326 g/mol. The van der Waals surface area contributed by atoms with E-state index in [1.54, 1.807) is 0 Å². The summed E-state index contributed by atoms with van der Waals surface area (Å²) >= 11 is 0. The van der Waals surface area contributed by atoms with E-state index in [-0.39, 0.29) is 0 Å². The largest absolute Gasteiger partial charge is 0.416 e. The van der Waals surface area contributed by atoms with Gasteiger partial charge in [-0.05, 0) is 52.6 Å². The molecule has 0 radical (unpaired) electrons. The highest BCUT2D eigenvalue weighted by Gasteiger charge is 2.47.